The van der Waals surface area contributed by atoms with E-state index in [2.05, 4.69) is 20.2 Å². The maximum absolute atomic E-state index is 5.73. The molecule has 5 nitrogen and oxygen atoms in total. The van der Waals surface area contributed by atoms with Crippen molar-refractivity contribution in [1.29, 1.82) is 0 Å². The summed E-state index contributed by atoms with van der Waals surface area (Å²) in [6.07, 6.45) is 1.57. The maximum Gasteiger partial charge on any atom is 0.233 e. The van der Waals surface area contributed by atoms with Crippen LogP contribution in [-0.2, 0) is 0 Å². The SMILES string of the molecule is COc1ccc(-c2nccc(Cl)n2)nn1. The van der Waals surface area contributed by atoms with E-state index in [0.717, 1.165) is 0 Å². The second-order valence-electron chi connectivity index (χ2n) is 2.66. The van der Waals surface area contributed by atoms with E-state index in [0.29, 0.717) is 22.6 Å². The molecule has 0 bridgehead atoms. The molecule has 2 heterocycles. The number of halogens is 1. The van der Waals surface area contributed by atoms with Gasteiger partial charge >= 0.3 is 0 Å². The Morgan fingerprint density at radius 1 is 1.20 bits per heavy atom. The maximum atomic E-state index is 5.73. The number of methoxy groups -OCH3 is 1. The van der Waals surface area contributed by atoms with Gasteiger partial charge in [0.1, 0.15) is 10.8 Å². The van der Waals surface area contributed by atoms with Gasteiger partial charge in [0.05, 0.1) is 7.11 Å². The fourth-order valence-electron chi connectivity index (χ4n) is 1.01. The van der Waals surface area contributed by atoms with Crippen LogP contribution in [0.25, 0.3) is 11.5 Å². The normalized spacial score (nSPS) is 10.0. The van der Waals surface area contributed by atoms with Crippen molar-refractivity contribution in [3.05, 3.63) is 29.5 Å². The van der Waals surface area contributed by atoms with Crippen LogP contribution in [0.15, 0.2) is 24.4 Å². The van der Waals surface area contributed by atoms with Crippen LogP contribution in [0.1, 0.15) is 0 Å². The van der Waals surface area contributed by atoms with Gasteiger partial charge in [-0.2, -0.15) is 0 Å². The lowest BCUT2D eigenvalue weighted by atomic mass is 10.3. The van der Waals surface area contributed by atoms with E-state index in [9.17, 15) is 0 Å². The van der Waals surface area contributed by atoms with Gasteiger partial charge in [-0.3, -0.25) is 0 Å². The van der Waals surface area contributed by atoms with Crippen LogP contribution in [0.3, 0.4) is 0 Å². The molecule has 0 saturated carbocycles. The Morgan fingerprint density at radius 3 is 2.67 bits per heavy atom. The largest absolute Gasteiger partial charge is 0.480 e. The zero-order valence-electron chi connectivity index (χ0n) is 7.88. The van der Waals surface area contributed by atoms with Gasteiger partial charge in [0.25, 0.3) is 0 Å². The predicted molar refractivity (Wildman–Crippen MR) is 54.6 cm³/mol. The highest BCUT2D eigenvalue weighted by Crippen LogP contribution is 2.14. The summed E-state index contributed by atoms with van der Waals surface area (Å²) in [5.41, 5.74) is 0.554. The number of hydrogen-bond donors (Lipinski definition) is 0. The van der Waals surface area contributed by atoms with Gasteiger partial charge in [-0.1, -0.05) is 11.6 Å². The van der Waals surface area contributed by atoms with Crippen molar-refractivity contribution in [2.24, 2.45) is 0 Å². The Morgan fingerprint density at radius 2 is 2.07 bits per heavy atom. The molecule has 0 aromatic carbocycles. The quantitative estimate of drug-likeness (QED) is 0.723. The molecule has 0 aliphatic rings. The van der Waals surface area contributed by atoms with Crippen molar-refractivity contribution in [3.8, 4) is 17.4 Å². The summed E-state index contributed by atoms with van der Waals surface area (Å²) in [5.74, 6) is 0.887. The fourth-order valence-corrected chi connectivity index (χ4v) is 1.14. The Bertz CT molecular complexity index is 460. The second kappa shape index (κ2) is 4.18. The van der Waals surface area contributed by atoms with Crippen LogP contribution in [-0.4, -0.2) is 27.3 Å². The topological polar surface area (TPSA) is 60.8 Å². The van der Waals surface area contributed by atoms with E-state index in [4.69, 9.17) is 16.3 Å². The highest BCUT2D eigenvalue weighted by atomic mass is 35.5. The third-order valence-corrected chi connectivity index (χ3v) is 1.91. The molecule has 6 heteroatoms. The standard InChI is InChI=1S/C9H7ClN4O/c1-15-8-3-2-6(13-14-8)9-11-5-4-7(10)12-9/h2-5H,1H3. The van der Waals surface area contributed by atoms with Crippen molar-refractivity contribution >= 4 is 11.6 Å². The lowest BCUT2D eigenvalue weighted by Gasteiger charge is -1.99. The minimum atomic E-state index is 0.373. The molecule has 0 spiro atoms. The van der Waals surface area contributed by atoms with Crippen LogP contribution in [0.5, 0.6) is 5.88 Å². The molecule has 0 fully saturated rings. The van der Waals surface area contributed by atoms with Gasteiger partial charge in [-0.15, -0.1) is 10.2 Å². The molecule has 76 valence electrons. The first-order chi connectivity index (χ1) is 7.29. The molecular formula is C9H7ClN4O. The fraction of sp³-hybridized carbons (Fsp3) is 0.111. The Kier molecular flexibility index (Phi) is 2.73. The average molecular weight is 223 g/mol. The molecule has 0 radical (unpaired) electrons. The highest BCUT2D eigenvalue weighted by Gasteiger charge is 2.04. The molecule has 0 amide bonds. The molecule has 0 aliphatic carbocycles. The van der Waals surface area contributed by atoms with E-state index >= 15 is 0 Å². The number of aromatic nitrogens is 4. The summed E-state index contributed by atoms with van der Waals surface area (Å²) in [4.78, 5) is 8.04. The number of ether oxygens (including phenoxy) is 1. The molecule has 0 N–H and O–H groups in total. The van der Waals surface area contributed by atoms with Gasteiger partial charge < -0.3 is 4.74 Å². The van der Waals surface area contributed by atoms with Crippen LogP contribution >= 0.6 is 11.6 Å². The van der Waals surface area contributed by atoms with Gasteiger partial charge in [0.15, 0.2) is 5.82 Å². The number of hydrogen-bond acceptors (Lipinski definition) is 5. The summed E-state index contributed by atoms with van der Waals surface area (Å²) in [6.45, 7) is 0. The van der Waals surface area contributed by atoms with Gasteiger partial charge in [-0.25, -0.2) is 9.97 Å². The van der Waals surface area contributed by atoms with E-state index in [-0.39, 0.29) is 0 Å². The molecule has 0 unspecified atom stereocenters. The van der Waals surface area contributed by atoms with E-state index in [1.54, 1.807) is 24.4 Å². The molecule has 2 aromatic heterocycles. The Labute approximate surface area is 91.1 Å². The second-order valence-corrected chi connectivity index (χ2v) is 3.05. The predicted octanol–water partition coefficient (Wildman–Crippen LogP) is 1.60. The first kappa shape index (κ1) is 9.79. The zero-order valence-corrected chi connectivity index (χ0v) is 8.64. The molecular weight excluding hydrogens is 216 g/mol. The van der Waals surface area contributed by atoms with Crippen LogP contribution in [0.2, 0.25) is 5.15 Å². The molecule has 0 aliphatic heterocycles. The number of rotatable bonds is 2. The third kappa shape index (κ3) is 2.19. The highest BCUT2D eigenvalue weighted by molar-refractivity contribution is 6.29. The summed E-state index contributed by atoms with van der Waals surface area (Å²) < 4.78 is 4.89. The van der Waals surface area contributed by atoms with E-state index in [1.807, 2.05) is 0 Å². The first-order valence-corrected chi connectivity index (χ1v) is 4.54. The summed E-state index contributed by atoms with van der Waals surface area (Å²) in [5, 5.41) is 8.08. The number of nitrogens with zero attached hydrogens (tertiary/aromatic N) is 4. The van der Waals surface area contributed by atoms with Crippen LogP contribution < -0.4 is 4.74 Å². The monoisotopic (exact) mass is 222 g/mol. The van der Waals surface area contributed by atoms with E-state index < -0.39 is 0 Å². The third-order valence-electron chi connectivity index (χ3n) is 1.70. The first-order valence-electron chi connectivity index (χ1n) is 4.16. The zero-order chi connectivity index (χ0) is 10.7. The minimum absolute atomic E-state index is 0.373. The van der Waals surface area contributed by atoms with Crippen molar-refractivity contribution < 1.29 is 4.74 Å². The van der Waals surface area contributed by atoms with E-state index in [1.165, 1.54) is 7.11 Å². The Hall–Kier alpha value is -1.75. The molecule has 2 rings (SSSR count). The van der Waals surface area contributed by atoms with Crippen molar-refractivity contribution in [3.63, 3.8) is 0 Å². The van der Waals surface area contributed by atoms with Crippen LogP contribution in [0.4, 0.5) is 0 Å². The van der Waals surface area contributed by atoms with Crippen molar-refractivity contribution in [2.45, 2.75) is 0 Å². The summed E-state index contributed by atoms with van der Waals surface area (Å²) in [7, 11) is 1.53. The van der Waals surface area contributed by atoms with Crippen molar-refractivity contribution in [2.75, 3.05) is 7.11 Å². The molecule has 15 heavy (non-hydrogen) atoms. The summed E-state index contributed by atoms with van der Waals surface area (Å²) >= 11 is 5.73. The lowest BCUT2D eigenvalue weighted by molar-refractivity contribution is 0.392. The minimum Gasteiger partial charge on any atom is -0.480 e. The van der Waals surface area contributed by atoms with Crippen LogP contribution in [0, 0.1) is 0 Å². The van der Waals surface area contributed by atoms with Gasteiger partial charge in [-0.05, 0) is 12.1 Å². The molecule has 0 atom stereocenters. The van der Waals surface area contributed by atoms with Gasteiger partial charge in [0, 0.05) is 12.3 Å². The van der Waals surface area contributed by atoms with Gasteiger partial charge in [0.2, 0.25) is 5.88 Å². The Balaban J connectivity index is 2.37. The average Bonchev–Trinajstić information content (AvgIpc) is 2.29. The smallest absolute Gasteiger partial charge is 0.233 e. The van der Waals surface area contributed by atoms with Crippen molar-refractivity contribution in [1.82, 2.24) is 20.2 Å². The molecule has 0 saturated heterocycles. The lowest BCUT2D eigenvalue weighted by Crippen LogP contribution is -1.95. The molecule has 2 aromatic rings. The summed E-state index contributed by atoms with van der Waals surface area (Å²) in [6, 6.07) is 5.01.